The third-order valence-corrected chi connectivity index (χ3v) is 5.63. The van der Waals surface area contributed by atoms with E-state index in [0.29, 0.717) is 11.3 Å². The molecule has 0 saturated carbocycles. The molecule has 4 rings (SSSR count). The summed E-state index contributed by atoms with van der Waals surface area (Å²) >= 11 is 0. The van der Waals surface area contributed by atoms with Gasteiger partial charge in [0.25, 0.3) is 5.56 Å². The highest BCUT2D eigenvalue weighted by Gasteiger charge is 2.21. The molecule has 0 amide bonds. The highest BCUT2D eigenvalue weighted by atomic mass is 16.3. The molecule has 2 aliphatic rings. The molecule has 2 unspecified atom stereocenters. The van der Waals surface area contributed by atoms with Crippen LogP contribution in [0.25, 0.3) is 11.3 Å². The molecule has 2 fully saturated rings. The van der Waals surface area contributed by atoms with Gasteiger partial charge >= 0.3 is 0 Å². The maximum absolute atomic E-state index is 12.5. The van der Waals surface area contributed by atoms with Crippen molar-refractivity contribution >= 4 is 5.82 Å². The number of aromatic hydroxyl groups is 1. The zero-order valence-corrected chi connectivity index (χ0v) is 15.4. The predicted molar refractivity (Wildman–Crippen MR) is 106 cm³/mol. The van der Waals surface area contributed by atoms with Crippen LogP contribution in [0.15, 0.2) is 29.2 Å². The summed E-state index contributed by atoms with van der Waals surface area (Å²) in [6.45, 7) is 2.71. The van der Waals surface area contributed by atoms with Crippen LogP contribution in [0.2, 0.25) is 0 Å². The van der Waals surface area contributed by atoms with Crippen molar-refractivity contribution in [2.45, 2.75) is 44.2 Å². The van der Waals surface area contributed by atoms with Crippen LogP contribution >= 0.6 is 0 Å². The molecule has 2 aromatic rings. The zero-order valence-electron chi connectivity index (χ0n) is 15.4. The monoisotopic (exact) mass is 369 g/mol. The van der Waals surface area contributed by atoms with Crippen molar-refractivity contribution in [3.63, 3.8) is 0 Å². The van der Waals surface area contributed by atoms with Gasteiger partial charge in [-0.2, -0.15) is 0 Å². The van der Waals surface area contributed by atoms with Crippen molar-refractivity contribution in [2.24, 2.45) is 0 Å². The van der Waals surface area contributed by atoms with Crippen LogP contribution < -0.4 is 21.9 Å². The van der Waals surface area contributed by atoms with Gasteiger partial charge in [0, 0.05) is 30.4 Å². The number of phenols is 1. The number of nitrogens with two attached hydrogens (primary N) is 1. The second kappa shape index (κ2) is 7.70. The average molecular weight is 369 g/mol. The molecule has 5 N–H and O–H groups in total. The Morgan fingerprint density at radius 1 is 1.19 bits per heavy atom. The Labute approximate surface area is 158 Å². The number of hydrogen-bond donors (Lipinski definition) is 4. The number of benzene rings is 1. The van der Waals surface area contributed by atoms with E-state index in [4.69, 9.17) is 5.73 Å². The first-order valence-corrected chi connectivity index (χ1v) is 9.79. The third-order valence-electron chi connectivity index (χ3n) is 5.63. The predicted octanol–water partition coefficient (Wildman–Crippen LogP) is 1.94. The van der Waals surface area contributed by atoms with Crippen molar-refractivity contribution in [1.29, 1.82) is 0 Å². The molecular formula is C20H27N5O2. The van der Waals surface area contributed by atoms with Crippen LogP contribution in [-0.2, 0) is 0 Å². The quantitative estimate of drug-likeness (QED) is 0.659. The summed E-state index contributed by atoms with van der Waals surface area (Å²) < 4.78 is 1.68. The van der Waals surface area contributed by atoms with Gasteiger partial charge in [-0.25, -0.2) is 4.98 Å². The molecule has 0 spiro atoms. The Kier molecular flexibility index (Phi) is 5.13. The molecule has 1 aromatic carbocycles. The van der Waals surface area contributed by atoms with Gasteiger partial charge in [0.2, 0.25) is 0 Å². The van der Waals surface area contributed by atoms with E-state index in [-0.39, 0.29) is 29.2 Å². The molecular weight excluding hydrogens is 342 g/mol. The molecule has 7 heteroatoms. The Bertz CT molecular complexity index is 867. The second-order valence-corrected chi connectivity index (χ2v) is 7.50. The summed E-state index contributed by atoms with van der Waals surface area (Å²) in [4.78, 5) is 16.8. The van der Waals surface area contributed by atoms with Gasteiger partial charge in [-0.05, 0) is 56.5 Å². The summed E-state index contributed by atoms with van der Waals surface area (Å²) in [6, 6.07) is 5.96. The number of nitrogens with zero attached hydrogens (tertiary/aromatic N) is 2. The molecule has 2 atom stereocenters. The summed E-state index contributed by atoms with van der Waals surface area (Å²) in [6.07, 6.45) is 7.14. The van der Waals surface area contributed by atoms with Gasteiger partial charge in [0.1, 0.15) is 5.75 Å². The van der Waals surface area contributed by atoms with E-state index in [1.165, 1.54) is 12.8 Å². The normalized spacial score (nSPS) is 23.3. The number of nitrogen functional groups attached to an aromatic ring is 1. The summed E-state index contributed by atoms with van der Waals surface area (Å²) in [5.74, 6) is 0.118. The van der Waals surface area contributed by atoms with E-state index in [1.807, 2.05) is 12.1 Å². The van der Waals surface area contributed by atoms with Crippen LogP contribution in [0.4, 0.5) is 5.82 Å². The fraction of sp³-hybridized carbons (Fsp3) is 0.500. The van der Waals surface area contributed by atoms with Crippen LogP contribution in [0.1, 0.15) is 49.8 Å². The Morgan fingerprint density at radius 2 is 2.07 bits per heavy atom. The number of aromatic nitrogens is 2. The van der Waals surface area contributed by atoms with Crippen molar-refractivity contribution in [3.8, 4) is 17.0 Å². The second-order valence-electron chi connectivity index (χ2n) is 7.50. The number of anilines is 1. The third kappa shape index (κ3) is 3.70. The molecule has 2 saturated heterocycles. The fourth-order valence-corrected chi connectivity index (χ4v) is 4.11. The highest BCUT2D eigenvalue weighted by Crippen LogP contribution is 2.33. The maximum Gasteiger partial charge on any atom is 0.293 e. The number of rotatable bonds is 3. The summed E-state index contributed by atoms with van der Waals surface area (Å²) in [5, 5.41) is 17.3. The zero-order chi connectivity index (χ0) is 18.8. The molecule has 144 valence electrons. The van der Waals surface area contributed by atoms with E-state index < -0.39 is 0 Å². The molecule has 27 heavy (non-hydrogen) atoms. The Hall–Kier alpha value is -2.38. The van der Waals surface area contributed by atoms with Crippen LogP contribution in [0, 0.1) is 0 Å². The lowest BCUT2D eigenvalue weighted by Crippen LogP contribution is -2.37. The average Bonchev–Trinajstić information content (AvgIpc) is 2.72. The minimum Gasteiger partial charge on any atom is -0.507 e. The number of hydrogen-bond acceptors (Lipinski definition) is 6. The Balaban J connectivity index is 1.74. The van der Waals surface area contributed by atoms with E-state index in [1.54, 1.807) is 16.8 Å². The smallest absolute Gasteiger partial charge is 0.293 e. The van der Waals surface area contributed by atoms with Gasteiger partial charge in [0.05, 0.1) is 5.69 Å². The SMILES string of the molecule is Nc1nc(-c2cc(C3CCCCN3)ccc2O)cn(C2CCCNC2)c1=O. The van der Waals surface area contributed by atoms with Gasteiger partial charge in [0.15, 0.2) is 5.82 Å². The van der Waals surface area contributed by atoms with Crippen molar-refractivity contribution in [2.75, 3.05) is 25.4 Å². The summed E-state index contributed by atoms with van der Waals surface area (Å²) in [5.41, 5.74) is 7.95. The highest BCUT2D eigenvalue weighted by molar-refractivity contribution is 5.68. The number of phenolic OH excluding ortho intramolecular Hbond substituents is 1. The van der Waals surface area contributed by atoms with E-state index in [0.717, 1.165) is 44.5 Å². The molecule has 1 aromatic heterocycles. The van der Waals surface area contributed by atoms with Crippen LogP contribution in [0.3, 0.4) is 0 Å². The molecule has 7 nitrogen and oxygen atoms in total. The molecule has 0 bridgehead atoms. The minimum absolute atomic E-state index is 0.0290. The van der Waals surface area contributed by atoms with Crippen molar-refractivity contribution in [1.82, 2.24) is 20.2 Å². The lowest BCUT2D eigenvalue weighted by molar-refractivity contribution is 0.364. The first-order valence-electron chi connectivity index (χ1n) is 9.79. The van der Waals surface area contributed by atoms with Crippen molar-refractivity contribution < 1.29 is 5.11 Å². The molecule has 0 radical (unpaired) electrons. The summed E-state index contributed by atoms with van der Waals surface area (Å²) in [7, 11) is 0. The fourth-order valence-electron chi connectivity index (χ4n) is 4.11. The first kappa shape index (κ1) is 18.0. The topological polar surface area (TPSA) is 105 Å². The van der Waals surface area contributed by atoms with E-state index in [9.17, 15) is 9.90 Å². The lowest BCUT2D eigenvalue weighted by Gasteiger charge is -2.26. The largest absolute Gasteiger partial charge is 0.507 e. The molecule has 0 aliphatic carbocycles. The standard InChI is InChI=1S/C20H27N5O2/c21-19-20(27)25(14-4-3-8-22-11-14)12-17(24-19)15-10-13(6-7-18(15)26)16-5-1-2-9-23-16/h6-7,10,12,14,16,22-23,26H,1-5,8-9,11H2,(H2,21,24). The first-order chi connectivity index (χ1) is 13.1. The van der Waals surface area contributed by atoms with Crippen molar-refractivity contribution in [3.05, 3.63) is 40.3 Å². The molecule has 2 aliphatic heterocycles. The lowest BCUT2D eigenvalue weighted by atomic mass is 9.95. The number of nitrogens with one attached hydrogen (secondary N) is 2. The molecule has 3 heterocycles. The van der Waals surface area contributed by atoms with Gasteiger partial charge in [-0.15, -0.1) is 0 Å². The maximum atomic E-state index is 12.5. The van der Waals surface area contributed by atoms with Gasteiger partial charge < -0.3 is 26.0 Å². The van der Waals surface area contributed by atoms with Crippen LogP contribution in [-0.4, -0.2) is 34.3 Å². The number of piperidine rings is 2. The van der Waals surface area contributed by atoms with Gasteiger partial charge in [-0.1, -0.05) is 12.5 Å². The van der Waals surface area contributed by atoms with Gasteiger partial charge in [-0.3, -0.25) is 4.79 Å². The Morgan fingerprint density at radius 3 is 2.81 bits per heavy atom. The van der Waals surface area contributed by atoms with Crippen LogP contribution in [0.5, 0.6) is 5.75 Å². The van der Waals surface area contributed by atoms with E-state index in [2.05, 4.69) is 15.6 Å². The minimum atomic E-state index is -0.267. The van der Waals surface area contributed by atoms with E-state index >= 15 is 0 Å².